The highest BCUT2D eigenvalue weighted by atomic mass is 16.5. The van der Waals surface area contributed by atoms with E-state index in [4.69, 9.17) is 10.5 Å². The van der Waals surface area contributed by atoms with Crippen LogP contribution in [-0.2, 0) is 4.74 Å². The number of ether oxygens (including phenoxy) is 1. The predicted octanol–water partition coefficient (Wildman–Crippen LogP) is 2.06. The molecule has 0 bridgehead atoms. The Morgan fingerprint density at radius 3 is 2.64 bits per heavy atom. The molecule has 0 spiro atoms. The molecule has 0 radical (unpaired) electrons. The van der Waals surface area contributed by atoms with E-state index in [0.717, 1.165) is 11.1 Å². The van der Waals surface area contributed by atoms with Crippen LogP contribution in [0, 0.1) is 13.8 Å². The number of aryl methyl sites for hydroxylation is 1. The van der Waals surface area contributed by atoms with Gasteiger partial charge in [0.25, 0.3) is 0 Å². The summed E-state index contributed by atoms with van der Waals surface area (Å²) in [6, 6.07) is 3.64. The standard InChI is InChI=1S/C11H15NO2/c1-4-14-11(13)9-5-7(2)6-10(12)8(9)3/h5-6H,4,12H2,1-3H3. The third kappa shape index (κ3) is 2.05. The zero-order valence-corrected chi connectivity index (χ0v) is 8.76. The molecule has 0 unspecified atom stereocenters. The highest BCUT2D eigenvalue weighted by Crippen LogP contribution is 2.19. The minimum Gasteiger partial charge on any atom is -0.462 e. The van der Waals surface area contributed by atoms with E-state index in [1.807, 2.05) is 19.9 Å². The highest BCUT2D eigenvalue weighted by Gasteiger charge is 2.12. The Bertz CT molecular complexity index is 359. The van der Waals surface area contributed by atoms with Crippen LogP contribution >= 0.6 is 0 Å². The molecule has 2 N–H and O–H groups in total. The third-order valence-electron chi connectivity index (χ3n) is 2.09. The van der Waals surface area contributed by atoms with E-state index < -0.39 is 0 Å². The average Bonchev–Trinajstić information content (AvgIpc) is 2.11. The lowest BCUT2D eigenvalue weighted by molar-refractivity contribution is 0.0525. The number of nitrogens with two attached hydrogens (primary N) is 1. The Morgan fingerprint density at radius 1 is 1.43 bits per heavy atom. The summed E-state index contributed by atoms with van der Waals surface area (Å²) in [5.74, 6) is -0.305. The van der Waals surface area contributed by atoms with Crippen LogP contribution in [0.1, 0.15) is 28.4 Å². The van der Waals surface area contributed by atoms with Gasteiger partial charge in [0.15, 0.2) is 0 Å². The molecule has 0 aromatic heterocycles. The number of carbonyl (C=O) groups is 1. The first-order valence-corrected chi connectivity index (χ1v) is 4.60. The lowest BCUT2D eigenvalue weighted by atomic mass is 10.0. The zero-order valence-electron chi connectivity index (χ0n) is 8.76. The summed E-state index contributed by atoms with van der Waals surface area (Å²) in [6.45, 7) is 5.89. The lowest BCUT2D eigenvalue weighted by Gasteiger charge is -2.08. The number of carbonyl (C=O) groups excluding carboxylic acids is 1. The second-order valence-electron chi connectivity index (χ2n) is 3.25. The molecule has 0 aliphatic rings. The number of rotatable bonds is 2. The number of esters is 1. The quantitative estimate of drug-likeness (QED) is 0.577. The Hall–Kier alpha value is -1.51. The smallest absolute Gasteiger partial charge is 0.338 e. The van der Waals surface area contributed by atoms with Crippen molar-refractivity contribution >= 4 is 11.7 Å². The van der Waals surface area contributed by atoms with Crippen molar-refractivity contribution < 1.29 is 9.53 Å². The van der Waals surface area contributed by atoms with Gasteiger partial charge in [-0.3, -0.25) is 0 Å². The maximum Gasteiger partial charge on any atom is 0.338 e. The van der Waals surface area contributed by atoms with Gasteiger partial charge in [-0.05, 0) is 44.0 Å². The van der Waals surface area contributed by atoms with Gasteiger partial charge in [0.1, 0.15) is 0 Å². The number of nitrogen functional groups attached to an aromatic ring is 1. The molecule has 76 valence electrons. The summed E-state index contributed by atoms with van der Waals surface area (Å²) in [7, 11) is 0. The van der Waals surface area contributed by atoms with Gasteiger partial charge in [-0.15, -0.1) is 0 Å². The van der Waals surface area contributed by atoms with Gasteiger partial charge in [0, 0.05) is 5.69 Å². The average molecular weight is 193 g/mol. The first kappa shape index (κ1) is 10.6. The van der Waals surface area contributed by atoms with Gasteiger partial charge < -0.3 is 10.5 Å². The molecule has 0 saturated heterocycles. The number of hydrogen-bond acceptors (Lipinski definition) is 3. The maximum atomic E-state index is 11.5. The highest BCUT2D eigenvalue weighted by molar-refractivity contribution is 5.92. The lowest BCUT2D eigenvalue weighted by Crippen LogP contribution is -2.08. The summed E-state index contributed by atoms with van der Waals surface area (Å²) in [6.07, 6.45) is 0. The Kier molecular flexibility index (Phi) is 3.12. The SMILES string of the molecule is CCOC(=O)c1cc(C)cc(N)c1C. The van der Waals surface area contributed by atoms with Crippen LogP contribution in [0.15, 0.2) is 12.1 Å². The predicted molar refractivity (Wildman–Crippen MR) is 56.3 cm³/mol. The van der Waals surface area contributed by atoms with E-state index in [0.29, 0.717) is 17.9 Å². The molecule has 3 heteroatoms. The van der Waals surface area contributed by atoms with Crippen LogP contribution in [0.4, 0.5) is 5.69 Å². The molecule has 0 aliphatic carbocycles. The third-order valence-corrected chi connectivity index (χ3v) is 2.09. The van der Waals surface area contributed by atoms with Crippen molar-refractivity contribution in [2.45, 2.75) is 20.8 Å². The van der Waals surface area contributed by atoms with E-state index in [-0.39, 0.29) is 5.97 Å². The van der Waals surface area contributed by atoms with E-state index in [1.54, 1.807) is 13.0 Å². The van der Waals surface area contributed by atoms with Crippen molar-refractivity contribution in [2.24, 2.45) is 0 Å². The molecule has 0 saturated carbocycles. The van der Waals surface area contributed by atoms with Crippen LogP contribution in [0.3, 0.4) is 0 Å². The molecule has 0 heterocycles. The number of hydrogen-bond donors (Lipinski definition) is 1. The fourth-order valence-electron chi connectivity index (χ4n) is 1.31. The van der Waals surface area contributed by atoms with Crippen molar-refractivity contribution in [3.63, 3.8) is 0 Å². The molecular formula is C11H15NO2. The Labute approximate surface area is 83.9 Å². The van der Waals surface area contributed by atoms with E-state index in [9.17, 15) is 4.79 Å². The molecule has 0 fully saturated rings. The van der Waals surface area contributed by atoms with Crippen molar-refractivity contribution in [3.8, 4) is 0 Å². The summed E-state index contributed by atoms with van der Waals surface area (Å²) in [5.41, 5.74) is 8.69. The molecule has 0 aliphatic heterocycles. The molecule has 0 atom stereocenters. The first-order valence-electron chi connectivity index (χ1n) is 4.60. The summed E-state index contributed by atoms with van der Waals surface area (Å²) < 4.78 is 4.92. The number of anilines is 1. The van der Waals surface area contributed by atoms with Gasteiger partial charge in [0.05, 0.1) is 12.2 Å². The molecule has 0 amide bonds. The van der Waals surface area contributed by atoms with Crippen LogP contribution in [-0.4, -0.2) is 12.6 Å². The second kappa shape index (κ2) is 4.13. The van der Waals surface area contributed by atoms with Gasteiger partial charge >= 0.3 is 5.97 Å². The second-order valence-corrected chi connectivity index (χ2v) is 3.25. The Morgan fingerprint density at radius 2 is 2.07 bits per heavy atom. The van der Waals surface area contributed by atoms with Gasteiger partial charge in [0.2, 0.25) is 0 Å². The van der Waals surface area contributed by atoms with Crippen molar-refractivity contribution in [3.05, 3.63) is 28.8 Å². The van der Waals surface area contributed by atoms with Crippen LogP contribution in [0.2, 0.25) is 0 Å². The van der Waals surface area contributed by atoms with Crippen LogP contribution in [0.25, 0.3) is 0 Å². The summed E-state index contributed by atoms with van der Waals surface area (Å²) in [5, 5.41) is 0. The molecular weight excluding hydrogens is 178 g/mol. The van der Waals surface area contributed by atoms with Crippen molar-refractivity contribution in [1.29, 1.82) is 0 Å². The maximum absolute atomic E-state index is 11.5. The largest absolute Gasteiger partial charge is 0.462 e. The molecule has 14 heavy (non-hydrogen) atoms. The molecule has 1 aromatic rings. The molecule has 1 rings (SSSR count). The molecule has 1 aromatic carbocycles. The van der Waals surface area contributed by atoms with Gasteiger partial charge in [-0.1, -0.05) is 0 Å². The van der Waals surface area contributed by atoms with E-state index >= 15 is 0 Å². The minimum absolute atomic E-state index is 0.305. The first-order chi connectivity index (χ1) is 6.56. The van der Waals surface area contributed by atoms with Gasteiger partial charge in [-0.2, -0.15) is 0 Å². The topological polar surface area (TPSA) is 52.3 Å². The monoisotopic (exact) mass is 193 g/mol. The zero-order chi connectivity index (χ0) is 10.7. The van der Waals surface area contributed by atoms with E-state index in [2.05, 4.69) is 0 Å². The summed E-state index contributed by atoms with van der Waals surface area (Å²) >= 11 is 0. The fourth-order valence-corrected chi connectivity index (χ4v) is 1.31. The van der Waals surface area contributed by atoms with Crippen LogP contribution < -0.4 is 5.73 Å². The number of benzene rings is 1. The van der Waals surface area contributed by atoms with Crippen molar-refractivity contribution in [2.75, 3.05) is 12.3 Å². The molecule has 3 nitrogen and oxygen atoms in total. The summed E-state index contributed by atoms with van der Waals surface area (Å²) in [4.78, 5) is 11.5. The minimum atomic E-state index is -0.305. The fraction of sp³-hybridized carbons (Fsp3) is 0.364. The van der Waals surface area contributed by atoms with Crippen LogP contribution in [0.5, 0.6) is 0 Å². The van der Waals surface area contributed by atoms with Gasteiger partial charge in [-0.25, -0.2) is 4.79 Å². The normalized spacial score (nSPS) is 9.93. The van der Waals surface area contributed by atoms with Crippen molar-refractivity contribution in [1.82, 2.24) is 0 Å². The van der Waals surface area contributed by atoms with E-state index in [1.165, 1.54) is 0 Å². The Balaban J connectivity index is 3.13.